The van der Waals surface area contributed by atoms with Gasteiger partial charge in [0.15, 0.2) is 0 Å². The van der Waals surface area contributed by atoms with Crippen LogP contribution in [0.25, 0.3) is 0 Å². The van der Waals surface area contributed by atoms with Gasteiger partial charge in [-0.05, 0) is 38.1 Å². The Bertz CT molecular complexity index is 699. The fourth-order valence-electron chi connectivity index (χ4n) is 2.21. The van der Waals surface area contributed by atoms with Gasteiger partial charge < -0.3 is 15.0 Å². The fraction of sp³-hybridized carbons (Fsp3) is 0.263. The number of para-hydroxylation sites is 2. The first-order chi connectivity index (χ1) is 11.5. The van der Waals surface area contributed by atoms with Crippen molar-refractivity contribution < 1.29 is 14.3 Å². The van der Waals surface area contributed by atoms with Gasteiger partial charge in [-0.3, -0.25) is 9.59 Å². The number of likely N-dealkylation sites (N-methyl/N-ethyl adjacent to an activating group) is 1. The summed E-state index contributed by atoms with van der Waals surface area (Å²) in [6.07, 6.45) is 0. The lowest BCUT2D eigenvalue weighted by atomic mass is 10.1. The van der Waals surface area contributed by atoms with Crippen LogP contribution in [-0.2, 0) is 4.79 Å². The van der Waals surface area contributed by atoms with Crippen LogP contribution < -0.4 is 10.1 Å². The van der Waals surface area contributed by atoms with Gasteiger partial charge in [-0.25, -0.2) is 0 Å². The molecular formula is C19H22N2O3. The molecule has 0 fully saturated rings. The Labute approximate surface area is 142 Å². The van der Waals surface area contributed by atoms with Gasteiger partial charge >= 0.3 is 0 Å². The lowest BCUT2D eigenvalue weighted by molar-refractivity contribution is -0.122. The highest BCUT2D eigenvalue weighted by Gasteiger charge is 2.19. The van der Waals surface area contributed by atoms with E-state index in [1.165, 1.54) is 4.90 Å². The van der Waals surface area contributed by atoms with Crippen molar-refractivity contribution in [3.8, 4) is 11.5 Å². The summed E-state index contributed by atoms with van der Waals surface area (Å²) >= 11 is 0. The lowest BCUT2D eigenvalue weighted by Crippen LogP contribution is -2.40. The molecule has 0 aliphatic rings. The number of nitrogens with one attached hydrogen (secondary N) is 1. The molecule has 24 heavy (non-hydrogen) atoms. The molecule has 0 heterocycles. The summed E-state index contributed by atoms with van der Waals surface area (Å²) in [5.74, 6) is 0.658. The number of benzene rings is 2. The standard InChI is InChI=1S/C19H22N2O3/c1-14(2)20-18(22)13-21(3)19(23)16-11-7-8-12-17(16)24-15-9-5-4-6-10-15/h4-12,14H,13H2,1-3H3,(H,20,22). The molecule has 2 amide bonds. The first-order valence-electron chi connectivity index (χ1n) is 7.84. The summed E-state index contributed by atoms with van der Waals surface area (Å²) in [4.78, 5) is 25.9. The van der Waals surface area contributed by atoms with Crippen LogP contribution in [0.2, 0.25) is 0 Å². The van der Waals surface area contributed by atoms with Crippen molar-refractivity contribution in [2.75, 3.05) is 13.6 Å². The van der Waals surface area contributed by atoms with E-state index in [1.807, 2.05) is 44.2 Å². The molecule has 0 aliphatic carbocycles. The Morgan fingerprint density at radius 2 is 1.67 bits per heavy atom. The van der Waals surface area contributed by atoms with Crippen LogP contribution in [0.4, 0.5) is 0 Å². The van der Waals surface area contributed by atoms with Crippen molar-refractivity contribution in [3.05, 3.63) is 60.2 Å². The van der Waals surface area contributed by atoms with E-state index in [2.05, 4.69) is 5.32 Å². The minimum Gasteiger partial charge on any atom is -0.457 e. The maximum atomic E-state index is 12.6. The van der Waals surface area contributed by atoms with Crippen LogP contribution in [0.1, 0.15) is 24.2 Å². The molecule has 126 valence electrons. The third-order valence-corrected chi connectivity index (χ3v) is 3.27. The van der Waals surface area contributed by atoms with Crippen LogP contribution in [-0.4, -0.2) is 36.3 Å². The Kier molecular flexibility index (Phi) is 5.95. The van der Waals surface area contributed by atoms with E-state index in [-0.39, 0.29) is 24.4 Å². The number of carbonyl (C=O) groups is 2. The molecule has 0 atom stereocenters. The number of hydrogen-bond acceptors (Lipinski definition) is 3. The van der Waals surface area contributed by atoms with Crippen LogP contribution in [0, 0.1) is 0 Å². The summed E-state index contributed by atoms with van der Waals surface area (Å²) in [7, 11) is 1.60. The molecule has 2 aromatic rings. The molecule has 1 N–H and O–H groups in total. The SMILES string of the molecule is CC(C)NC(=O)CN(C)C(=O)c1ccccc1Oc1ccccc1. The van der Waals surface area contributed by atoms with E-state index in [4.69, 9.17) is 4.74 Å². The summed E-state index contributed by atoms with van der Waals surface area (Å²) in [6, 6.07) is 16.3. The average molecular weight is 326 g/mol. The molecule has 0 spiro atoms. The van der Waals surface area contributed by atoms with Crippen LogP contribution in [0.3, 0.4) is 0 Å². The molecule has 5 heteroatoms. The monoisotopic (exact) mass is 326 g/mol. The zero-order valence-electron chi connectivity index (χ0n) is 14.2. The number of ether oxygens (including phenoxy) is 1. The van der Waals surface area contributed by atoms with Crippen molar-refractivity contribution in [3.63, 3.8) is 0 Å². The van der Waals surface area contributed by atoms with E-state index in [0.717, 1.165) is 0 Å². The smallest absolute Gasteiger partial charge is 0.257 e. The summed E-state index contributed by atoms with van der Waals surface area (Å²) in [5, 5.41) is 2.77. The highest BCUT2D eigenvalue weighted by atomic mass is 16.5. The van der Waals surface area contributed by atoms with Crippen molar-refractivity contribution in [1.29, 1.82) is 0 Å². The first-order valence-corrected chi connectivity index (χ1v) is 7.84. The minimum absolute atomic E-state index is 0.00329. The Morgan fingerprint density at radius 1 is 1.04 bits per heavy atom. The summed E-state index contributed by atoms with van der Waals surface area (Å²) < 4.78 is 5.80. The van der Waals surface area contributed by atoms with Crippen LogP contribution >= 0.6 is 0 Å². The van der Waals surface area contributed by atoms with Gasteiger partial charge in [0.05, 0.1) is 12.1 Å². The molecule has 5 nitrogen and oxygen atoms in total. The highest BCUT2D eigenvalue weighted by molar-refractivity contribution is 5.98. The van der Waals surface area contributed by atoms with Crippen molar-refractivity contribution in [2.24, 2.45) is 0 Å². The Balaban J connectivity index is 2.13. The lowest BCUT2D eigenvalue weighted by Gasteiger charge is -2.19. The van der Waals surface area contributed by atoms with Gasteiger partial charge in [0.25, 0.3) is 5.91 Å². The number of nitrogens with zero attached hydrogens (tertiary/aromatic N) is 1. The van der Waals surface area contributed by atoms with Gasteiger partial charge in [-0.15, -0.1) is 0 Å². The van der Waals surface area contributed by atoms with E-state index in [0.29, 0.717) is 17.1 Å². The van der Waals surface area contributed by atoms with Crippen LogP contribution in [0.5, 0.6) is 11.5 Å². The van der Waals surface area contributed by atoms with Crippen molar-refractivity contribution >= 4 is 11.8 Å². The Morgan fingerprint density at radius 3 is 2.33 bits per heavy atom. The van der Waals surface area contributed by atoms with Crippen molar-refractivity contribution in [2.45, 2.75) is 19.9 Å². The summed E-state index contributed by atoms with van der Waals surface area (Å²) in [5.41, 5.74) is 0.418. The maximum absolute atomic E-state index is 12.6. The highest BCUT2D eigenvalue weighted by Crippen LogP contribution is 2.25. The average Bonchev–Trinajstić information content (AvgIpc) is 2.55. The third-order valence-electron chi connectivity index (χ3n) is 3.27. The normalized spacial score (nSPS) is 10.3. The van der Waals surface area contributed by atoms with E-state index < -0.39 is 0 Å². The van der Waals surface area contributed by atoms with Gasteiger partial charge in [0, 0.05) is 13.1 Å². The molecule has 0 aliphatic heterocycles. The number of rotatable bonds is 6. The van der Waals surface area contributed by atoms with Gasteiger partial charge in [-0.1, -0.05) is 30.3 Å². The van der Waals surface area contributed by atoms with Crippen molar-refractivity contribution in [1.82, 2.24) is 10.2 Å². The van der Waals surface area contributed by atoms with E-state index >= 15 is 0 Å². The summed E-state index contributed by atoms with van der Waals surface area (Å²) in [6.45, 7) is 3.75. The van der Waals surface area contributed by atoms with Gasteiger partial charge in [-0.2, -0.15) is 0 Å². The second-order valence-corrected chi connectivity index (χ2v) is 5.79. The second kappa shape index (κ2) is 8.15. The van der Waals surface area contributed by atoms with E-state index in [1.54, 1.807) is 31.3 Å². The number of hydrogen-bond donors (Lipinski definition) is 1. The molecule has 0 unspecified atom stereocenters. The van der Waals surface area contributed by atoms with Gasteiger partial charge in [0.1, 0.15) is 11.5 Å². The molecule has 0 radical (unpaired) electrons. The van der Waals surface area contributed by atoms with Gasteiger partial charge in [0.2, 0.25) is 5.91 Å². The maximum Gasteiger partial charge on any atom is 0.257 e. The number of amides is 2. The predicted octanol–water partition coefficient (Wildman–Crippen LogP) is 3.08. The second-order valence-electron chi connectivity index (χ2n) is 5.79. The van der Waals surface area contributed by atoms with Crippen LogP contribution in [0.15, 0.2) is 54.6 Å². The molecule has 0 bridgehead atoms. The predicted molar refractivity (Wildman–Crippen MR) is 93.2 cm³/mol. The topological polar surface area (TPSA) is 58.6 Å². The largest absolute Gasteiger partial charge is 0.457 e. The molecule has 0 saturated carbocycles. The zero-order chi connectivity index (χ0) is 17.5. The minimum atomic E-state index is -0.263. The van der Waals surface area contributed by atoms with E-state index in [9.17, 15) is 9.59 Å². The molecule has 0 saturated heterocycles. The fourth-order valence-corrected chi connectivity index (χ4v) is 2.21. The first kappa shape index (κ1) is 17.5. The Hall–Kier alpha value is -2.82. The zero-order valence-corrected chi connectivity index (χ0v) is 14.2. The molecule has 2 aromatic carbocycles. The number of carbonyl (C=O) groups excluding carboxylic acids is 2. The quantitative estimate of drug-likeness (QED) is 0.887. The molecule has 0 aromatic heterocycles. The third kappa shape index (κ3) is 4.84. The molecular weight excluding hydrogens is 304 g/mol. The molecule has 2 rings (SSSR count).